The maximum absolute atomic E-state index is 14.0. The lowest BCUT2D eigenvalue weighted by Gasteiger charge is -2.14. The zero-order valence-corrected chi connectivity index (χ0v) is 22.3. The van der Waals surface area contributed by atoms with Crippen LogP contribution >= 0.6 is 0 Å². The Hall–Kier alpha value is -5.63. The molecule has 0 saturated carbocycles. The van der Waals surface area contributed by atoms with Gasteiger partial charge in [-0.05, 0) is 58.7 Å². The standard InChI is InChI=1S/C35H21F3O5/c36-35(37,38)33-32(41-27-17-15-25(16-18-27)23-9-5-2-6-10-23)31(39)29-20-19-28(21-30(29)43-33)42-34(40)26-13-11-24(12-14-26)22-7-3-1-4-8-22/h1-21H. The second-order valence-corrected chi connectivity index (χ2v) is 9.57. The average molecular weight is 579 g/mol. The molecule has 0 radical (unpaired) electrons. The summed E-state index contributed by atoms with van der Waals surface area (Å²) in [6.45, 7) is 0. The Kier molecular flexibility index (Phi) is 7.26. The SMILES string of the molecule is O=C(Oc1ccc2c(=O)c(Oc3ccc(-c4ccccc4)cc3)c(C(F)(F)F)oc2c1)c1ccc(-c2ccccc2)cc1. The molecule has 0 saturated heterocycles. The van der Waals surface area contributed by atoms with Crippen LogP contribution in [0.5, 0.6) is 17.2 Å². The van der Waals surface area contributed by atoms with Crippen molar-refractivity contribution in [3.63, 3.8) is 0 Å². The van der Waals surface area contributed by atoms with Crippen molar-refractivity contribution in [2.75, 3.05) is 0 Å². The number of hydrogen-bond acceptors (Lipinski definition) is 5. The van der Waals surface area contributed by atoms with E-state index in [1.54, 1.807) is 36.4 Å². The fraction of sp³-hybridized carbons (Fsp3) is 0.0286. The van der Waals surface area contributed by atoms with Crippen molar-refractivity contribution < 1.29 is 31.9 Å². The maximum atomic E-state index is 14.0. The summed E-state index contributed by atoms with van der Waals surface area (Å²) in [5, 5.41) is -0.170. The molecular weight excluding hydrogens is 557 g/mol. The third-order valence-corrected chi connectivity index (χ3v) is 6.70. The number of hydrogen-bond donors (Lipinski definition) is 0. The Morgan fingerprint density at radius 3 is 1.70 bits per heavy atom. The van der Waals surface area contributed by atoms with Crippen LogP contribution in [0.25, 0.3) is 33.2 Å². The molecule has 212 valence electrons. The Morgan fingerprint density at radius 1 is 0.628 bits per heavy atom. The fourth-order valence-corrected chi connectivity index (χ4v) is 4.56. The van der Waals surface area contributed by atoms with Crippen LogP contribution < -0.4 is 14.9 Å². The molecule has 0 atom stereocenters. The van der Waals surface area contributed by atoms with Crippen LogP contribution in [-0.4, -0.2) is 5.97 Å². The van der Waals surface area contributed by atoms with E-state index >= 15 is 0 Å². The summed E-state index contributed by atoms with van der Waals surface area (Å²) in [5.74, 6) is -3.38. The molecule has 0 unspecified atom stereocenters. The van der Waals surface area contributed by atoms with Gasteiger partial charge in [-0.25, -0.2) is 4.79 Å². The van der Waals surface area contributed by atoms with Crippen LogP contribution in [0.3, 0.4) is 0 Å². The second kappa shape index (κ2) is 11.3. The fourth-order valence-electron chi connectivity index (χ4n) is 4.56. The molecule has 0 aliphatic heterocycles. The van der Waals surface area contributed by atoms with Crippen molar-refractivity contribution >= 4 is 16.9 Å². The monoisotopic (exact) mass is 578 g/mol. The minimum absolute atomic E-state index is 0.0284. The van der Waals surface area contributed by atoms with Crippen molar-refractivity contribution in [3.05, 3.63) is 149 Å². The second-order valence-electron chi connectivity index (χ2n) is 9.57. The molecule has 0 spiro atoms. The molecule has 0 bridgehead atoms. The first kappa shape index (κ1) is 27.5. The Bertz CT molecular complexity index is 1960. The highest BCUT2D eigenvalue weighted by molar-refractivity contribution is 5.92. The van der Waals surface area contributed by atoms with Gasteiger partial charge in [0, 0.05) is 6.07 Å². The van der Waals surface area contributed by atoms with Gasteiger partial charge in [-0.3, -0.25) is 4.79 Å². The van der Waals surface area contributed by atoms with Gasteiger partial charge in [-0.1, -0.05) is 84.9 Å². The number of ether oxygens (including phenoxy) is 2. The van der Waals surface area contributed by atoms with E-state index in [1.165, 1.54) is 24.3 Å². The van der Waals surface area contributed by atoms with Crippen molar-refractivity contribution in [3.8, 4) is 39.5 Å². The minimum atomic E-state index is -5.04. The van der Waals surface area contributed by atoms with Crippen molar-refractivity contribution in [1.82, 2.24) is 0 Å². The van der Waals surface area contributed by atoms with E-state index < -0.39 is 34.7 Å². The van der Waals surface area contributed by atoms with E-state index in [-0.39, 0.29) is 22.4 Å². The molecule has 5 aromatic carbocycles. The zero-order valence-electron chi connectivity index (χ0n) is 22.3. The van der Waals surface area contributed by atoms with Crippen LogP contribution in [0, 0.1) is 0 Å². The summed E-state index contributed by atoms with van der Waals surface area (Å²) in [6, 6.07) is 35.6. The molecule has 8 heteroatoms. The molecule has 0 amide bonds. The van der Waals surface area contributed by atoms with Gasteiger partial charge in [0.2, 0.25) is 11.2 Å². The molecule has 0 fully saturated rings. The number of carbonyl (C=O) groups excluding carboxylic acids is 1. The van der Waals surface area contributed by atoms with Gasteiger partial charge in [0.15, 0.2) is 0 Å². The maximum Gasteiger partial charge on any atom is 0.453 e. The first-order valence-corrected chi connectivity index (χ1v) is 13.2. The van der Waals surface area contributed by atoms with E-state index in [0.717, 1.165) is 28.3 Å². The van der Waals surface area contributed by atoms with E-state index in [4.69, 9.17) is 13.9 Å². The lowest BCUT2D eigenvalue weighted by molar-refractivity contribution is -0.154. The summed E-state index contributed by atoms with van der Waals surface area (Å²) >= 11 is 0. The van der Waals surface area contributed by atoms with E-state index in [2.05, 4.69) is 0 Å². The molecule has 0 N–H and O–H groups in total. The van der Waals surface area contributed by atoms with E-state index in [9.17, 15) is 22.8 Å². The van der Waals surface area contributed by atoms with Crippen molar-refractivity contribution in [2.24, 2.45) is 0 Å². The smallest absolute Gasteiger partial charge is 0.449 e. The van der Waals surface area contributed by atoms with Crippen LogP contribution in [0.1, 0.15) is 16.1 Å². The molecule has 0 aliphatic rings. The molecular formula is C35H21F3O5. The van der Waals surface area contributed by atoms with Crippen LogP contribution in [0.2, 0.25) is 0 Å². The van der Waals surface area contributed by atoms with E-state index in [0.29, 0.717) is 0 Å². The van der Waals surface area contributed by atoms with Gasteiger partial charge >= 0.3 is 12.1 Å². The summed E-state index contributed by atoms with van der Waals surface area (Å²) in [7, 11) is 0. The predicted molar refractivity (Wildman–Crippen MR) is 156 cm³/mol. The summed E-state index contributed by atoms with van der Waals surface area (Å²) in [4.78, 5) is 25.9. The summed E-state index contributed by atoms with van der Waals surface area (Å²) in [6.07, 6.45) is -5.04. The molecule has 0 aliphatic carbocycles. The summed E-state index contributed by atoms with van der Waals surface area (Å²) in [5.41, 5.74) is 2.41. The number of halogens is 3. The largest absolute Gasteiger partial charge is 0.453 e. The third kappa shape index (κ3) is 5.90. The molecule has 43 heavy (non-hydrogen) atoms. The molecule has 6 rings (SSSR count). The third-order valence-electron chi connectivity index (χ3n) is 6.70. The van der Waals surface area contributed by atoms with Gasteiger partial charge < -0.3 is 13.9 Å². The molecule has 1 aromatic heterocycles. The number of esters is 1. The van der Waals surface area contributed by atoms with Crippen molar-refractivity contribution in [2.45, 2.75) is 6.18 Å². The van der Waals surface area contributed by atoms with E-state index in [1.807, 2.05) is 60.7 Å². The quantitative estimate of drug-likeness (QED) is 0.146. The first-order chi connectivity index (χ1) is 20.8. The highest BCUT2D eigenvalue weighted by Gasteiger charge is 2.40. The van der Waals surface area contributed by atoms with Gasteiger partial charge in [-0.2, -0.15) is 13.2 Å². The topological polar surface area (TPSA) is 65.7 Å². The summed E-state index contributed by atoms with van der Waals surface area (Å²) < 4.78 is 58.1. The van der Waals surface area contributed by atoms with Gasteiger partial charge in [0.25, 0.3) is 5.76 Å². The highest BCUT2D eigenvalue weighted by Crippen LogP contribution is 2.39. The number of rotatable bonds is 6. The molecule has 5 nitrogen and oxygen atoms in total. The lowest BCUT2D eigenvalue weighted by atomic mass is 10.0. The van der Waals surface area contributed by atoms with Gasteiger partial charge in [0.1, 0.15) is 17.1 Å². The Balaban J connectivity index is 1.27. The molecule has 6 aromatic rings. The number of fused-ring (bicyclic) bond motifs is 1. The van der Waals surface area contributed by atoms with Crippen LogP contribution in [-0.2, 0) is 6.18 Å². The number of alkyl halides is 3. The minimum Gasteiger partial charge on any atom is -0.449 e. The number of benzene rings is 5. The predicted octanol–water partition coefficient (Wildman–Crippen LogP) is 9.16. The van der Waals surface area contributed by atoms with Crippen molar-refractivity contribution in [1.29, 1.82) is 0 Å². The van der Waals surface area contributed by atoms with Gasteiger partial charge in [-0.15, -0.1) is 0 Å². The van der Waals surface area contributed by atoms with Crippen LogP contribution in [0.15, 0.2) is 137 Å². The lowest BCUT2D eigenvalue weighted by Crippen LogP contribution is -2.15. The molecule has 1 heterocycles. The van der Waals surface area contributed by atoms with Crippen LogP contribution in [0.4, 0.5) is 13.2 Å². The average Bonchev–Trinajstić information content (AvgIpc) is 3.03. The first-order valence-electron chi connectivity index (χ1n) is 13.2. The Labute approximate surface area is 243 Å². The Morgan fingerprint density at radius 2 is 1.14 bits per heavy atom. The number of carbonyl (C=O) groups is 1. The normalized spacial score (nSPS) is 11.3. The zero-order chi connectivity index (χ0) is 30.0. The highest BCUT2D eigenvalue weighted by atomic mass is 19.4. The van der Waals surface area contributed by atoms with Gasteiger partial charge in [0.05, 0.1) is 10.9 Å².